The fourth-order valence-electron chi connectivity index (χ4n) is 2.38. The van der Waals surface area contributed by atoms with Gasteiger partial charge in [0.05, 0.1) is 10.7 Å². The van der Waals surface area contributed by atoms with Crippen molar-refractivity contribution in [1.82, 2.24) is 8.96 Å². The van der Waals surface area contributed by atoms with Crippen LogP contribution in [0.15, 0.2) is 53.6 Å². The second kappa shape index (κ2) is 6.24. The predicted molar refractivity (Wildman–Crippen MR) is 96.2 cm³/mol. The monoisotopic (exact) mass is 380 g/mol. The molecule has 1 aromatic heterocycles. The first-order valence-corrected chi connectivity index (χ1v) is 9.33. The quantitative estimate of drug-likeness (QED) is 0.660. The van der Waals surface area contributed by atoms with E-state index in [1.807, 2.05) is 30.3 Å². The van der Waals surface area contributed by atoms with Gasteiger partial charge in [-0.1, -0.05) is 53.5 Å². The van der Waals surface area contributed by atoms with Crippen LogP contribution in [0.2, 0.25) is 10.0 Å². The van der Waals surface area contributed by atoms with Crippen molar-refractivity contribution in [2.24, 2.45) is 0 Å². The zero-order valence-electron chi connectivity index (χ0n) is 13.0. The standard InChI is InChI=1S/C17H14Cl2N2O2S/c1-11-10-21(17(20-11)13-6-4-3-5-7-13)24(22,23)15-9-8-14(18)12(2)16(15)19/h3-10H,1-2H3. The van der Waals surface area contributed by atoms with Crippen LogP contribution in [0.25, 0.3) is 11.4 Å². The van der Waals surface area contributed by atoms with Crippen LogP contribution < -0.4 is 0 Å². The molecule has 1 heterocycles. The Bertz CT molecular complexity index is 1010. The molecule has 2 aromatic carbocycles. The lowest BCUT2D eigenvalue weighted by Crippen LogP contribution is -2.14. The number of hydrogen-bond acceptors (Lipinski definition) is 3. The average Bonchev–Trinajstić information content (AvgIpc) is 2.96. The number of halogens is 2. The average molecular weight is 381 g/mol. The van der Waals surface area contributed by atoms with E-state index in [9.17, 15) is 8.42 Å². The van der Waals surface area contributed by atoms with Crippen LogP contribution in [0.5, 0.6) is 0 Å². The summed E-state index contributed by atoms with van der Waals surface area (Å²) >= 11 is 12.3. The molecule has 0 spiro atoms. The van der Waals surface area contributed by atoms with E-state index in [0.29, 0.717) is 27.7 Å². The number of rotatable bonds is 3. The van der Waals surface area contributed by atoms with Gasteiger partial charge in [-0.15, -0.1) is 0 Å². The van der Waals surface area contributed by atoms with E-state index in [1.54, 1.807) is 13.8 Å². The van der Waals surface area contributed by atoms with Gasteiger partial charge in [0.1, 0.15) is 4.90 Å². The lowest BCUT2D eigenvalue weighted by Gasteiger charge is -2.12. The van der Waals surface area contributed by atoms with E-state index in [2.05, 4.69) is 4.98 Å². The van der Waals surface area contributed by atoms with Crippen molar-refractivity contribution >= 4 is 33.2 Å². The first kappa shape index (κ1) is 17.0. The summed E-state index contributed by atoms with van der Waals surface area (Å²) in [7, 11) is -3.90. The van der Waals surface area contributed by atoms with Crippen LogP contribution in [0, 0.1) is 13.8 Å². The molecule has 0 aliphatic carbocycles. The number of aromatic nitrogens is 2. The summed E-state index contributed by atoms with van der Waals surface area (Å²) in [4.78, 5) is 4.36. The maximum Gasteiger partial charge on any atom is 0.270 e. The molecule has 0 unspecified atom stereocenters. The summed E-state index contributed by atoms with van der Waals surface area (Å²) in [6.07, 6.45) is 1.48. The minimum absolute atomic E-state index is 0.000600. The third kappa shape index (κ3) is 2.83. The second-order valence-electron chi connectivity index (χ2n) is 5.36. The minimum atomic E-state index is -3.90. The van der Waals surface area contributed by atoms with Crippen LogP contribution in [0.1, 0.15) is 11.3 Å². The van der Waals surface area contributed by atoms with Gasteiger partial charge in [-0.3, -0.25) is 0 Å². The summed E-state index contributed by atoms with van der Waals surface area (Å²) in [6.45, 7) is 3.42. The van der Waals surface area contributed by atoms with Gasteiger partial charge in [0.15, 0.2) is 5.82 Å². The van der Waals surface area contributed by atoms with Gasteiger partial charge in [-0.2, -0.15) is 0 Å². The third-order valence-electron chi connectivity index (χ3n) is 3.65. The fraction of sp³-hybridized carbons (Fsp3) is 0.118. The second-order valence-corrected chi connectivity index (χ2v) is 7.93. The van der Waals surface area contributed by atoms with Gasteiger partial charge in [0.25, 0.3) is 10.0 Å². The van der Waals surface area contributed by atoms with Crippen LogP contribution in [-0.2, 0) is 10.0 Å². The Hall–Kier alpha value is -1.82. The van der Waals surface area contributed by atoms with Crippen LogP contribution >= 0.6 is 23.2 Å². The molecule has 0 aliphatic heterocycles. The molecule has 3 aromatic rings. The number of nitrogens with zero attached hydrogens (tertiary/aromatic N) is 2. The Morgan fingerprint density at radius 2 is 1.67 bits per heavy atom. The molecule has 0 atom stereocenters. The van der Waals surface area contributed by atoms with E-state index < -0.39 is 10.0 Å². The van der Waals surface area contributed by atoms with Crippen molar-refractivity contribution in [1.29, 1.82) is 0 Å². The van der Waals surface area contributed by atoms with E-state index >= 15 is 0 Å². The van der Waals surface area contributed by atoms with Crippen LogP contribution in [-0.4, -0.2) is 17.4 Å². The maximum atomic E-state index is 13.1. The predicted octanol–water partition coefficient (Wildman–Crippen LogP) is 4.71. The Labute approximate surface area is 150 Å². The molecule has 7 heteroatoms. The lowest BCUT2D eigenvalue weighted by atomic mass is 10.2. The van der Waals surface area contributed by atoms with Crippen LogP contribution in [0.3, 0.4) is 0 Å². The van der Waals surface area contributed by atoms with E-state index in [4.69, 9.17) is 23.2 Å². The highest BCUT2D eigenvalue weighted by atomic mass is 35.5. The van der Waals surface area contributed by atoms with Crippen molar-refractivity contribution in [3.63, 3.8) is 0 Å². The van der Waals surface area contributed by atoms with E-state index in [-0.39, 0.29) is 9.92 Å². The third-order valence-corrected chi connectivity index (χ3v) is 6.35. The summed E-state index contributed by atoms with van der Waals surface area (Å²) < 4.78 is 27.4. The molecular weight excluding hydrogens is 367 g/mol. The number of benzene rings is 2. The number of aryl methyl sites for hydroxylation is 1. The SMILES string of the molecule is Cc1cn(S(=O)(=O)c2ccc(Cl)c(C)c2Cl)c(-c2ccccc2)n1. The van der Waals surface area contributed by atoms with Crippen molar-refractivity contribution < 1.29 is 8.42 Å². The summed E-state index contributed by atoms with van der Waals surface area (Å²) in [5, 5.41) is 0.539. The smallest absolute Gasteiger partial charge is 0.233 e. The highest BCUT2D eigenvalue weighted by Crippen LogP contribution is 2.33. The van der Waals surface area contributed by atoms with Crippen molar-refractivity contribution in [3.05, 3.63) is 70.0 Å². The van der Waals surface area contributed by atoms with Gasteiger partial charge in [0.2, 0.25) is 0 Å². The molecule has 24 heavy (non-hydrogen) atoms. The Kier molecular flexibility index (Phi) is 4.42. The first-order valence-electron chi connectivity index (χ1n) is 7.14. The first-order chi connectivity index (χ1) is 11.3. The molecule has 0 saturated carbocycles. The molecule has 0 saturated heterocycles. The number of hydrogen-bond donors (Lipinski definition) is 0. The maximum absolute atomic E-state index is 13.1. The molecule has 4 nitrogen and oxygen atoms in total. The Morgan fingerprint density at radius 3 is 2.33 bits per heavy atom. The molecule has 3 rings (SSSR count). The molecule has 0 bridgehead atoms. The van der Waals surface area contributed by atoms with E-state index in [1.165, 1.54) is 18.3 Å². The Morgan fingerprint density at radius 1 is 1.00 bits per heavy atom. The van der Waals surface area contributed by atoms with E-state index in [0.717, 1.165) is 3.97 Å². The minimum Gasteiger partial charge on any atom is -0.233 e. The molecule has 0 N–H and O–H groups in total. The normalized spacial score (nSPS) is 11.7. The molecular formula is C17H14Cl2N2O2S. The molecule has 124 valence electrons. The topological polar surface area (TPSA) is 52.0 Å². The highest BCUT2D eigenvalue weighted by molar-refractivity contribution is 7.90. The fourth-order valence-corrected chi connectivity index (χ4v) is 4.54. The zero-order chi connectivity index (χ0) is 17.5. The molecule has 0 radical (unpaired) electrons. The van der Waals surface area contributed by atoms with Gasteiger partial charge in [-0.25, -0.2) is 17.4 Å². The number of imidazole rings is 1. The Balaban J connectivity index is 2.25. The zero-order valence-corrected chi connectivity index (χ0v) is 15.3. The molecule has 0 fully saturated rings. The van der Waals surface area contributed by atoms with Gasteiger partial charge in [0, 0.05) is 16.8 Å². The van der Waals surface area contributed by atoms with Crippen molar-refractivity contribution in [2.75, 3.05) is 0 Å². The summed E-state index contributed by atoms with van der Waals surface area (Å²) in [5.74, 6) is 0.344. The van der Waals surface area contributed by atoms with Gasteiger partial charge in [-0.05, 0) is 31.5 Å². The van der Waals surface area contributed by atoms with Crippen molar-refractivity contribution in [3.8, 4) is 11.4 Å². The molecule has 0 amide bonds. The summed E-state index contributed by atoms with van der Waals surface area (Å²) in [6, 6.07) is 12.1. The van der Waals surface area contributed by atoms with Gasteiger partial charge < -0.3 is 0 Å². The van der Waals surface area contributed by atoms with Crippen LogP contribution in [0.4, 0.5) is 0 Å². The largest absolute Gasteiger partial charge is 0.270 e. The summed E-state index contributed by atoms with van der Waals surface area (Å²) in [5.41, 5.74) is 1.83. The van der Waals surface area contributed by atoms with Gasteiger partial charge >= 0.3 is 0 Å². The lowest BCUT2D eigenvalue weighted by molar-refractivity contribution is 0.587. The highest BCUT2D eigenvalue weighted by Gasteiger charge is 2.26. The molecule has 0 aliphatic rings. The van der Waals surface area contributed by atoms with Crippen molar-refractivity contribution in [2.45, 2.75) is 18.7 Å².